The van der Waals surface area contributed by atoms with Gasteiger partial charge in [-0.15, -0.1) is 0 Å². The van der Waals surface area contributed by atoms with Crippen molar-refractivity contribution in [1.82, 2.24) is 5.32 Å². The molecule has 2 heterocycles. The molecule has 0 aromatic heterocycles. The lowest BCUT2D eigenvalue weighted by Gasteiger charge is -2.28. The molecule has 2 aliphatic rings. The number of benzene rings is 1. The van der Waals surface area contributed by atoms with Crippen molar-refractivity contribution < 1.29 is 0 Å². The molecule has 0 spiro atoms. The summed E-state index contributed by atoms with van der Waals surface area (Å²) in [5.41, 5.74) is 1.23. The van der Waals surface area contributed by atoms with E-state index in [2.05, 4.69) is 52.7 Å². The first-order valence-electron chi connectivity index (χ1n) is 7.58. The van der Waals surface area contributed by atoms with Crippen molar-refractivity contribution in [2.24, 2.45) is 0 Å². The van der Waals surface area contributed by atoms with Crippen LogP contribution < -0.4 is 10.6 Å². The second-order valence-electron chi connectivity index (χ2n) is 5.73. The predicted octanol–water partition coefficient (Wildman–Crippen LogP) is 3.50. The molecule has 104 valence electrons. The summed E-state index contributed by atoms with van der Waals surface area (Å²) in [6, 6.07) is 11.3. The lowest BCUT2D eigenvalue weighted by molar-refractivity contribution is 0.454. The lowest BCUT2D eigenvalue weighted by Crippen LogP contribution is -2.36. The van der Waals surface area contributed by atoms with Crippen LogP contribution in [0.15, 0.2) is 30.3 Å². The second kappa shape index (κ2) is 6.67. The van der Waals surface area contributed by atoms with Crippen LogP contribution in [0.5, 0.6) is 0 Å². The zero-order valence-electron chi connectivity index (χ0n) is 11.5. The molecule has 3 heteroatoms. The van der Waals surface area contributed by atoms with E-state index in [4.69, 9.17) is 0 Å². The van der Waals surface area contributed by atoms with Gasteiger partial charge in [-0.05, 0) is 50.8 Å². The maximum absolute atomic E-state index is 3.76. The van der Waals surface area contributed by atoms with E-state index in [0.29, 0.717) is 0 Å². The third-order valence-electron chi connectivity index (χ3n) is 4.18. The molecular weight excluding hydrogens is 252 g/mol. The highest BCUT2D eigenvalue weighted by atomic mass is 32.2. The Balaban J connectivity index is 1.29. The number of thioether (sulfide) groups is 1. The van der Waals surface area contributed by atoms with Gasteiger partial charge in [-0.25, -0.2) is 0 Å². The Kier molecular flexibility index (Phi) is 4.67. The Morgan fingerprint density at radius 2 is 1.74 bits per heavy atom. The molecule has 2 unspecified atom stereocenters. The number of para-hydroxylation sites is 1. The summed E-state index contributed by atoms with van der Waals surface area (Å²) >= 11 is 2.24. The zero-order chi connectivity index (χ0) is 12.9. The van der Waals surface area contributed by atoms with E-state index in [0.717, 1.165) is 29.6 Å². The molecule has 1 aromatic rings. The molecule has 0 amide bonds. The van der Waals surface area contributed by atoms with E-state index in [1.807, 2.05) is 0 Å². The standard InChI is InChI=1S/C16H24N2S/c1-2-5-13(6-3-1)17-9-4-10-18-14-11-15-7-8-16(12-14)19-15/h1-3,5-6,14-18H,4,7-12H2. The van der Waals surface area contributed by atoms with Gasteiger partial charge in [0.25, 0.3) is 0 Å². The van der Waals surface area contributed by atoms with Crippen LogP contribution in [0, 0.1) is 0 Å². The summed E-state index contributed by atoms with van der Waals surface area (Å²) in [5, 5.41) is 9.14. The summed E-state index contributed by atoms with van der Waals surface area (Å²) in [5.74, 6) is 0. The largest absolute Gasteiger partial charge is 0.385 e. The van der Waals surface area contributed by atoms with Crippen molar-refractivity contribution in [3.63, 3.8) is 0 Å². The summed E-state index contributed by atoms with van der Waals surface area (Å²) in [6.45, 7) is 2.21. The molecule has 2 N–H and O–H groups in total. The van der Waals surface area contributed by atoms with Crippen LogP contribution in [-0.2, 0) is 0 Å². The first kappa shape index (κ1) is 13.3. The fraction of sp³-hybridized carbons (Fsp3) is 0.625. The SMILES string of the molecule is c1ccc(NCCCNC2CC3CCC(C2)S3)cc1. The summed E-state index contributed by atoms with van der Waals surface area (Å²) in [7, 11) is 0. The normalized spacial score (nSPS) is 29.4. The quantitative estimate of drug-likeness (QED) is 0.778. The van der Waals surface area contributed by atoms with Gasteiger partial charge in [-0.3, -0.25) is 0 Å². The van der Waals surface area contributed by atoms with E-state index in [1.54, 1.807) is 0 Å². The van der Waals surface area contributed by atoms with Crippen LogP contribution in [0.3, 0.4) is 0 Å². The van der Waals surface area contributed by atoms with Crippen LogP contribution in [0.25, 0.3) is 0 Å². The number of fused-ring (bicyclic) bond motifs is 2. The predicted molar refractivity (Wildman–Crippen MR) is 85.0 cm³/mol. The van der Waals surface area contributed by atoms with Crippen LogP contribution in [0.4, 0.5) is 5.69 Å². The monoisotopic (exact) mass is 276 g/mol. The summed E-state index contributed by atoms with van der Waals surface area (Å²) in [4.78, 5) is 0. The second-order valence-corrected chi connectivity index (χ2v) is 7.33. The average Bonchev–Trinajstić information content (AvgIpc) is 2.79. The van der Waals surface area contributed by atoms with Gasteiger partial charge in [0.1, 0.15) is 0 Å². The van der Waals surface area contributed by atoms with Crippen LogP contribution in [0.1, 0.15) is 32.1 Å². The highest BCUT2D eigenvalue weighted by Crippen LogP contribution is 2.43. The molecule has 2 nitrogen and oxygen atoms in total. The number of nitrogens with one attached hydrogen (secondary N) is 2. The molecular formula is C16H24N2S. The number of rotatable bonds is 6. The first-order valence-corrected chi connectivity index (χ1v) is 8.52. The van der Waals surface area contributed by atoms with Crippen molar-refractivity contribution in [3.8, 4) is 0 Å². The van der Waals surface area contributed by atoms with Gasteiger partial charge in [0.2, 0.25) is 0 Å². The third kappa shape index (κ3) is 3.90. The van der Waals surface area contributed by atoms with Gasteiger partial charge in [0.05, 0.1) is 0 Å². The first-order chi connectivity index (χ1) is 9.40. The molecule has 2 aliphatic heterocycles. The molecule has 0 radical (unpaired) electrons. The topological polar surface area (TPSA) is 24.1 Å². The third-order valence-corrected chi connectivity index (χ3v) is 5.81. The molecule has 1 aromatic carbocycles. The molecule has 2 atom stereocenters. The molecule has 0 aliphatic carbocycles. The molecule has 2 bridgehead atoms. The van der Waals surface area contributed by atoms with Crippen molar-refractivity contribution >= 4 is 17.4 Å². The zero-order valence-corrected chi connectivity index (χ0v) is 12.3. The smallest absolute Gasteiger partial charge is 0.0340 e. The van der Waals surface area contributed by atoms with Crippen molar-refractivity contribution in [2.45, 2.75) is 48.6 Å². The molecule has 2 fully saturated rings. The van der Waals surface area contributed by atoms with Gasteiger partial charge >= 0.3 is 0 Å². The van der Waals surface area contributed by atoms with Gasteiger partial charge in [0, 0.05) is 28.8 Å². The maximum Gasteiger partial charge on any atom is 0.0340 e. The Bertz CT molecular complexity index is 370. The van der Waals surface area contributed by atoms with Gasteiger partial charge in [-0.1, -0.05) is 18.2 Å². The Morgan fingerprint density at radius 3 is 2.47 bits per heavy atom. The van der Waals surface area contributed by atoms with Crippen LogP contribution >= 0.6 is 11.8 Å². The number of anilines is 1. The summed E-state index contributed by atoms with van der Waals surface area (Å²) in [6.07, 6.45) is 6.92. The highest BCUT2D eigenvalue weighted by molar-refractivity contribution is 8.00. The fourth-order valence-corrected chi connectivity index (χ4v) is 4.98. The van der Waals surface area contributed by atoms with Crippen molar-refractivity contribution in [1.29, 1.82) is 0 Å². The fourth-order valence-electron chi connectivity index (χ4n) is 3.21. The van der Waals surface area contributed by atoms with E-state index in [-0.39, 0.29) is 0 Å². The summed E-state index contributed by atoms with van der Waals surface area (Å²) < 4.78 is 0. The van der Waals surface area contributed by atoms with E-state index in [9.17, 15) is 0 Å². The minimum atomic E-state index is 0.787. The van der Waals surface area contributed by atoms with Crippen LogP contribution in [-0.4, -0.2) is 29.6 Å². The van der Waals surface area contributed by atoms with Crippen LogP contribution in [0.2, 0.25) is 0 Å². The maximum atomic E-state index is 3.76. The Morgan fingerprint density at radius 1 is 1.00 bits per heavy atom. The minimum Gasteiger partial charge on any atom is -0.385 e. The highest BCUT2D eigenvalue weighted by Gasteiger charge is 2.34. The van der Waals surface area contributed by atoms with Gasteiger partial charge < -0.3 is 10.6 Å². The number of hydrogen-bond donors (Lipinski definition) is 2. The Hall–Kier alpha value is -0.670. The number of hydrogen-bond acceptors (Lipinski definition) is 3. The van der Waals surface area contributed by atoms with Gasteiger partial charge in [0.15, 0.2) is 0 Å². The lowest BCUT2D eigenvalue weighted by atomic mass is 10.1. The van der Waals surface area contributed by atoms with Gasteiger partial charge in [-0.2, -0.15) is 11.8 Å². The molecule has 2 saturated heterocycles. The molecule has 3 rings (SSSR count). The molecule has 19 heavy (non-hydrogen) atoms. The average molecular weight is 276 g/mol. The minimum absolute atomic E-state index is 0.787. The van der Waals surface area contributed by atoms with E-state index >= 15 is 0 Å². The van der Waals surface area contributed by atoms with Crippen molar-refractivity contribution in [2.75, 3.05) is 18.4 Å². The van der Waals surface area contributed by atoms with Crippen molar-refractivity contribution in [3.05, 3.63) is 30.3 Å². The van der Waals surface area contributed by atoms with E-state index in [1.165, 1.54) is 37.8 Å². The Labute approximate surface area is 120 Å². The molecule has 0 saturated carbocycles. The van der Waals surface area contributed by atoms with E-state index < -0.39 is 0 Å².